The number of carboxylic acids is 1. The van der Waals surface area contributed by atoms with Crippen LogP contribution in [-0.2, 0) is 11.3 Å². The van der Waals surface area contributed by atoms with Crippen molar-refractivity contribution in [3.63, 3.8) is 0 Å². The molecule has 0 unspecified atom stereocenters. The summed E-state index contributed by atoms with van der Waals surface area (Å²) in [6.45, 7) is 4.01. The van der Waals surface area contributed by atoms with Gasteiger partial charge in [0.15, 0.2) is 0 Å². The number of anilines is 1. The number of ether oxygens (including phenoxy) is 1. The van der Waals surface area contributed by atoms with Crippen molar-refractivity contribution in [1.29, 1.82) is 0 Å². The smallest absolute Gasteiger partial charge is 0.335 e. The highest BCUT2D eigenvalue weighted by molar-refractivity contribution is 5.88. The van der Waals surface area contributed by atoms with Gasteiger partial charge < -0.3 is 15.6 Å². The van der Waals surface area contributed by atoms with Gasteiger partial charge in [0.1, 0.15) is 0 Å². The maximum Gasteiger partial charge on any atom is 0.335 e. The Morgan fingerprint density at radius 3 is 2.71 bits per heavy atom. The van der Waals surface area contributed by atoms with Gasteiger partial charge in [-0.1, -0.05) is 6.07 Å². The first kappa shape index (κ1) is 11.9. The van der Waals surface area contributed by atoms with Gasteiger partial charge in [0, 0.05) is 25.3 Å². The summed E-state index contributed by atoms with van der Waals surface area (Å²) < 4.78 is 5.27. The average molecular weight is 236 g/mol. The Labute approximate surface area is 99.8 Å². The van der Waals surface area contributed by atoms with Crippen LogP contribution in [0.15, 0.2) is 18.2 Å². The molecular formula is C12H16N2O3. The standard InChI is InChI=1S/C12H16N2O3/c13-11-7-9(12(15)16)1-2-10(11)8-14-3-5-17-6-4-14/h1-2,7H,3-6,8,13H2,(H,15,16). The molecule has 2 rings (SSSR count). The number of hydrogen-bond acceptors (Lipinski definition) is 4. The van der Waals surface area contributed by atoms with Gasteiger partial charge in [-0.3, -0.25) is 4.90 Å². The number of aromatic carboxylic acids is 1. The summed E-state index contributed by atoms with van der Waals surface area (Å²) in [5.74, 6) is -0.949. The molecule has 0 aromatic heterocycles. The third-order valence-corrected chi connectivity index (χ3v) is 2.89. The molecule has 0 aliphatic carbocycles. The fraction of sp³-hybridized carbons (Fsp3) is 0.417. The van der Waals surface area contributed by atoms with E-state index < -0.39 is 5.97 Å². The van der Waals surface area contributed by atoms with Gasteiger partial charge in [-0.2, -0.15) is 0 Å². The van der Waals surface area contributed by atoms with Crippen LogP contribution in [0.3, 0.4) is 0 Å². The van der Waals surface area contributed by atoms with E-state index in [9.17, 15) is 4.79 Å². The summed E-state index contributed by atoms with van der Waals surface area (Å²) in [5, 5.41) is 8.84. The Balaban J connectivity index is 2.08. The van der Waals surface area contributed by atoms with E-state index in [2.05, 4.69) is 4.90 Å². The first-order chi connectivity index (χ1) is 8.16. The second kappa shape index (κ2) is 5.16. The minimum absolute atomic E-state index is 0.230. The van der Waals surface area contributed by atoms with Gasteiger partial charge in [0.05, 0.1) is 18.8 Å². The molecule has 1 saturated heterocycles. The molecule has 0 atom stereocenters. The average Bonchev–Trinajstić information content (AvgIpc) is 2.33. The van der Waals surface area contributed by atoms with Gasteiger partial charge in [0.25, 0.3) is 0 Å². The monoisotopic (exact) mass is 236 g/mol. The maximum absolute atomic E-state index is 10.8. The quantitative estimate of drug-likeness (QED) is 0.759. The molecule has 5 nitrogen and oxygen atoms in total. The molecule has 92 valence electrons. The Kier molecular flexibility index (Phi) is 3.61. The van der Waals surface area contributed by atoms with Crippen molar-refractivity contribution in [3.8, 4) is 0 Å². The van der Waals surface area contributed by atoms with Crippen molar-refractivity contribution in [2.24, 2.45) is 0 Å². The summed E-state index contributed by atoms with van der Waals surface area (Å²) in [6.07, 6.45) is 0. The molecule has 1 aromatic carbocycles. The first-order valence-corrected chi connectivity index (χ1v) is 5.58. The molecule has 1 aromatic rings. The van der Waals surface area contributed by atoms with Crippen LogP contribution in [0.1, 0.15) is 15.9 Å². The lowest BCUT2D eigenvalue weighted by Gasteiger charge is -2.27. The number of carbonyl (C=O) groups is 1. The predicted molar refractivity (Wildman–Crippen MR) is 63.9 cm³/mol. The lowest BCUT2D eigenvalue weighted by atomic mass is 10.1. The van der Waals surface area contributed by atoms with E-state index in [0.717, 1.165) is 38.4 Å². The summed E-state index contributed by atoms with van der Waals surface area (Å²) >= 11 is 0. The zero-order valence-electron chi connectivity index (χ0n) is 9.56. The molecule has 1 aliphatic rings. The van der Waals surface area contributed by atoms with Gasteiger partial charge in [-0.05, 0) is 17.7 Å². The number of morpholine rings is 1. The summed E-state index contributed by atoms with van der Waals surface area (Å²) in [6, 6.07) is 4.89. The number of carboxylic acid groups (broad SMARTS) is 1. The molecule has 5 heteroatoms. The number of nitrogens with two attached hydrogens (primary N) is 1. The molecule has 17 heavy (non-hydrogen) atoms. The third-order valence-electron chi connectivity index (χ3n) is 2.89. The van der Waals surface area contributed by atoms with Gasteiger partial charge in [-0.25, -0.2) is 4.79 Å². The summed E-state index contributed by atoms with van der Waals surface area (Å²) in [4.78, 5) is 13.0. The van der Waals surface area contributed by atoms with Crippen LogP contribution in [0.4, 0.5) is 5.69 Å². The van der Waals surface area contributed by atoms with E-state index >= 15 is 0 Å². The van der Waals surface area contributed by atoms with Crippen molar-refractivity contribution in [2.75, 3.05) is 32.0 Å². The number of rotatable bonds is 3. The minimum Gasteiger partial charge on any atom is -0.478 e. The minimum atomic E-state index is -0.949. The van der Waals surface area contributed by atoms with E-state index in [1.807, 2.05) is 0 Å². The summed E-state index contributed by atoms with van der Waals surface area (Å²) in [7, 11) is 0. The molecule has 0 amide bonds. The van der Waals surface area contributed by atoms with E-state index in [0.29, 0.717) is 5.69 Å². The fourth-order valence-corrected chi connectivity index (χ4v) is 1.87. The molecule has 0 spiro atoms. The van der Waals surface area contributed by atoms with Gasteiger partial charge in [0.2, 0.25) is 0 Å². The van der Waals surface area contributed by atoms with Gasteiger partial charge >= 0.3 is 5.97 Å². The number of nitrogens with zero attached hydrogens (tertiary/aromatic N) is 1. The van der Waals surface area contributed by atoms with Crippen molar-refractivity contribution >= 4 is 11.7 Å². The van der Waals surface area contributed by atoms with E-state index in [1.54, 1.807) is 12.1 Å². The second-order valence-corrected chi connectivity index (χ2v) is 4.11. The molecule has 3 N–H and O–H groups in total. The molecule has 0 saturated carbocycles. The largest absolute Gasteiger partial charge is 0.478 e. The molecule has 1 heterocycles. The highest BCUT2D eigenvalue weighted by atomic mass is 16.5. The zero-order chi connectivity index (χ0) is 12.3. The van der Waals surface area contributed by atoms with Crippen molar-refractivity contribution in [2.45, 2.75) is 6.54 Å². The number of nitrogen functional groups attached to an aromatic ring is 1. The second-order valence-electron chi connectivity index (χ2n) is 4.11. The first-order valence-electron chi connectivity index (χ1n) is 5.58. The van der Waals surface area contributed by atoms with E-state index in [1.165, 1.54) is 6.07 Å². The van der Waals surface area contributed by atoms with Gasteiger partial charge in [-0.15, -0.1) is 0 Å². The van der Waals surface area contributed by atoms with Crippen molar-refractivity contribution < 1.29 is 14.6 Å². The van der Waals surface area contributed by atoms with Crippen LogP contribution < -0.4 is 5.73 Å². The number of benzene rings is 1. The molecule has 1 fully saturated rings. The van der Waals surface area contributed by atoms with Crippen LogP contribution in [0, 0.1) is 0 Å². The maximum atomic E-state index is 10.8. The Morgan fingerprint density at radius 2 is 2.12 bits per heavy atom. The lowest BCUT2D eigenvalue weighted by Crippen LogP contribution is -2.35. The SMILES string of the molecule is Nc1cc(C(=O)O)ccc1CN1CCOCC1. The topological polar surface area (TPSA) is 75.8 Å². The number of hydrogen-bond donors (Lipinski definition) is 2. The van der Waals surface area contributed by atoms with E-state index in [-0.39, 0.29) is 5.56 Å². The van der Waals surface area contributed by atoms with Crippen molar-refractivity contribution in [1.82, 2.24) is 4.90 Å². The Hall–Kier alpha value is -1.59. The normalized spacial score (nSPS) is 16.9. The molecule has 0 bridgehead atoms. The highest BCUT2D eigenvalue weighted by Gasteiger charge is 2.13. The molecular weight excluding hydrogens is 220 g/mol. The molecule has 1 aliphatic heterocycles. The van der Waals surface area contributed by atoms with Crippen LogP contribution in [-0.4, -0.2) is 42.3 Å². The predicted octanol–water partition coefficient (Wildman–Crippen LogP) is 0.799. The summed E-state index contributed by atoms with van der Waals surface area (Å²) in [5.41, 5.74) is 7.59. The van der Waals surface area contributed by atoms with E-state index in [4.69, 9.17) is 15.6 Å². The van der Waals surface area contributed by atoms with Crippen LogP contribution in [0.2, 0.25) is 0 Å². The Bertz CT molecular complexity index is 414. The lowest BCUT2D eigenvalue weighted by molar-refractivity contribution is 0.0343. The van der Waals surface area contributed by atoms with Crippen LogP contribution in [0.25, 0.3) is 0 Å². The fourth-order valence-electron chi connectivity index (χ4n) is 1.87. The third kappa shape index (κ3) is 2.95. The Morgan fingerprint density at radius 1 is 1.41 bits per heavy atom. The highest BCUT2D eigenvalue weighted by Crippen LogP contribution is 2.17. The van der Waals surface area contributed by atoms with Crippen molar-refractivity contribution in [3.05, 3.63) is 29.3 Å². The molecule has 0 radical (unpaired) electrons. The zero-order valence-corrected chi connectivity index (χ0v) is 9.56. The van der Waals surface area contributed by atoms with Crippen LogP contribution in [0.5, 0.6) is 0 Å². The van der Waals surface area contributed by atoms with Crippen LogP contribution >= 0.6 is 0 Å².